The summed E-state index contributed by atoms with van der Waals surface area (Å²) in [6, 6.07) is 0. The van der Waals surface area contributed by atoms with Gasteiger partial charge in [-0.2, -0.15) is 0 Å². The molecule has 0 unspecified atom stereocenters. The maximum atomic E-state index is 10.5. The van der Waals surface area contributed by atoms with Gasteiger partial charge >= 0.3 is 18.9 Å². The van der Waals surface area contributed by atoms with Crippen LogP contribution in [0, 0.1) is 0 Å². The molecule has 0 aliphatic rings. The Morgan fingerprint density at radius 1 is 1.44 bits per heavy atom. The van der Waals surface area contributed by atoms with Crippen molar-refractivity contribution in [2.24, 2.45) is 0 Å². The van der Waals surface area contributed by atoms with E-state index in [-0.39, 0.29) is 24.8 Å². The number of hydrogen-bond donors (Lipinski definition) is 1. The van der Waals surface area contributed by atoms with Crippen LogP contribution in [0.3, 0.4) is 0 Å². The molecule has 0 aromatic heterocycles. The second-order valence-electron chi connectivity index (χ2n) is 1.70. The van der Waals surface area contributed by atoms with Gasteiger partial charge in [-0.1, -0.05) is 13.8 Å². The van der Waals surface area contributed by atoms with Crippen LogP contribution in [-0.4, -0.2) is 31.3 Å². The van der Waals surface area contributed by atoms with Crippen LogP contribution in [0.1, 0.15) is 26.7 Å². The van der Waals surface area contributed by atoms with Gasteiger partial charge in [0.25, 0.3) is 0 Å². The van der Waals surface area contributed by atoms with Crippen molar-refractivity contribution in [3.8, 4) is 0 Å². The zero-order chi connectivity index (χ0) is 6.41. The molecule has 0 atom stereocenters. The first-order valence-corrected chi connectivity index (χ1v) is 3.08. The van der Waals surface area contributed by atoms with Crippen molar-refractivity contribution in [2.75, 3.05) is 6.54 Å². The molecule has 0 radical (unpaired) electrons. The van der Waals surface area contributed by atoms with Crippen LogP contribution in [0.4, 0.5) is 0 Å². The van der Waals surface area contributed by atoms with E-state index in [9.17, 15) is 4.79 Å². The van der Waals surface area contributed by atoms with Crippen molar-refractivity contribution in [2.45, 2.75) is 26.7 Å². The van der Waals surface area contributed by atoms with E-state index in [1.165, 1.54) is 0 Å². The quantitative estimate of drug-likeness (QED) is 0.536. The minimum absolute atomic E-state index is 0. The van der Waals surface area contributed by atoms with E-state index in [2.05, 4.69) is 5.32 Å². The average Bonchev–Trinajstić information content (AvgIpc) is 1.83. The fourth-order valence-corrected chi connectivity index (χ4v) is 0.389. The van der Waals surface area contributed by atoms with E-state index in [0.29, 0.717) is 6.42 Å². The van der Waals surface area contributed by atoms with Gasteiger partial charge in [0.1, 0.15) is 0 Å². The molecule has 50 valence electrons. The molecule has 0 aliphatic heterocycles. The van der Waals surface area contributed by atoms with Crippen molar-refractivity contribution in [1.82, 2.24) is 5.32 Å². The predicted octanol–water partition coefficient (Wildman–Crippen LogP) is 0.274. The van der Waals surface area contributed by atoms with Gasteiger partial charge < -0.3 is 5.32 Å². The molecule has 2 nitrogen and oxygen atoms in total. The van der Waals surface area contributed by atoms with Crippen molar-refractivity contribution in [1.29, 1.82) is 0 Å². The molecule has 0 heterocycles. The number of amides is 1. The van der Waals surface area contributed by atoms with Gasteiger partial charge in [-0.15, -0.1) is 0 Å². The molecule has 9 heavy (non-hydrogen) atoms. The van der Waals surface area contributed by atoms with Crippen molar-refractivity contribution in [3.63, 3.8) is 0 Å². The number of nitrogens with one attached hydrogen (secondary N) is 1. The van der Waals surface area contributed by atoms with Gasteiger partial charge in [-0.3, -0.25) is 4.79 Å². The van der Waals surface area contributed by atoms with Gasteiger partial charge in [-0.05, 0) is 6.42 Å². The molecule has 1 N–H and O–H groups in total. The summed E-state index contributed by atoms with van der Waals surface area (Å²) in [5.74, 6) is 0.145. The second kappa shape index (κ2) is 8.07. The first-order valence-electron chi connectivity index (χ1n) is 3.08. The number of carbonyl (C=O) groups excluding carboxylic acids is 1. The monoisotopic (exact) mass is 123 g/mol. The van der Waals surface area contributed by atoms with Crippen LogP contribution < -0.4 is 5.32 Å². The van der Waals surface area contributed by atoms with Gasteiger partial charge in [-0.25, -0.2) is 0 Å². The molecule has 1 amide bonds. The average molecular weight is 123 g/mol. The van der Waals surface area contributed by atoms with Crippen LogP contribution >= 0.6 is 0 Å². The summed E-state index contributed by atoms with van der Waals surface area (Å²) in [5, 5.41) is 2.74. The molecule has 0 spiro atoms. The summed E-state index contributed by atoms with van der Waals surface area (Å²) in [6.45, 7) is 4.70. The van der Waals surface area contributed by atoms with Gasteiger partial charge in [0.2, 0.25) is 5.91 Å². The Balaban J connectivity index is 0. The number of hydrogen-bond acceptors (Lipinski definition) is 1. The van der Waals surface area contributed by atoms with Crippen LogP contribution in [0.5, 0.6) is 0 Å². The minimum atomic E-state index is 0. The summed E-state index contributed by atoms with van der Waals surface area (Å²) in [4.78, 5) is 10.5. The Hall–Kier alpha value is 0.0674. The number of carbonyl (C=O) groups is 1. The molecule has 0 bridgehead atoms. The topological polar surface area (TPSA) is 29.1 Å². The molecule has 0 aromatic carbocycles. The molecular weight excluding hydrogens is 109 g/mol. The molecule has 0 aromatic rings. The normalized spacial score (nSPS) is 7.78. The van der Waals surface area contributed by atoms with E-state index in [1.54, 1.807) is 0 Å². The van der Waals surface area contributed by atoms with Gasteiger partial charge in [0.05, 0.1) is 0 Å². The molecule has 0 saturated carbocycles. The van der Waals surface area contributed by atoms with Crippen molar-refractivity contribution >= 4 is 24.8 Å². The van der Waals surface area contributed by atoms with Gasteiger partial charge in [0.15, 0.2) is 0 Å². The van der Waals surface area contributed by atoms with Crippen molar-refractivity contribution in [3.05, 3.63) is 0 Å². The molecule has 0 saturated heterocycles. The Labute approximate surface area is 68.6 Å². The van der Waals surface area contributed by atoms with Crippen molar-refractivity contribution < 1.29 is 4.79 Å². The van der Waals surface area contributed by atoms with E-state index in [1.807, 2.05) is 13.8 Å². The zero-order valence-electron chi connectivity index (χ0n) is 5.53. The molecular formula is C6H14LiNO. The first kappa shape index (κ1) is 11.8. The van der Waals surface area contributed by atoms with Gasteiger partial charge in [0, 0.05) is 13.0 Å². The van der Waals surface area contributed by atoms with E-state index in [0.717, 1.165) is 13.0 Å². The summed E-state index contributed by atoms with van der Waals surface area (Å²) in [5.41, 5.74) is 0. The fourth-order valence-electron chi connectivity index (χ4n) is 0.389. The number of rotatable bonds is 3. The summed E-state index contributed by atoms with van der Waals surface area (Å²) >= 11 is 0. The third kappa shape index (κ3) is 8.07. The molecule has 0 fully saturated rings. The zero-order valence-corrected chi connectivity index (χ0v) is 5.53. The molecule has 0 rings (SSSR count). The van der Waals surface area contributed by atoms with Crippen LogP contribution in [0.15, 0.2) is 0 Å². The standard InChI is InChI=1S/C6H13NO.Li.H/c1-3-5-7-6(8)4-2;;/h3-5H2,1-2H3,(H,7,8);;. The van der Waals surface area contributed by atoms with E-state index >= 15 is 0 Å². The Bertz CT molecular complexity index is 75.5. The maximum absolute atomic E-state index is 10.5. The third-order valence-electron chi connectivity index (χ3n) is 0.893. The Morgan fingerprint density at radius 3 is 2.33 bits per heavy atom. The first-order chi connectivity index (χ1) is 3.81. The van der Waals surface area contributed by atoms with Crippen LogP contribution in [0.25, 0.3) is 0 Å². The third-order valence-corrected chi connectivity index (χ3v) is 0.893. The summed E-state index contributed by atoms with van der Waals surface area (Å²) in [7, 11) is 0. The Kier molecular flexibility index (Phi) is 10.6. The second-order valence-corrected chi connectivity index (χ2v) is 1.70. The molecule has 3 heteroatoms. The van der Waals surface area contributed by atoms with E-state index < -0.39 is 0 Å². The van der Waals surface area contributed by atoms with E-state index in [4.69, 9.17) is 0 Å². The summed E-state index contributed by atoms with van der Waals surface area (Å²) in [6.07, 6.45) is 1.62. The van der Waals surface area contributed by atoms with Crippen LogP contribution in [-0.2, 0) is 4.79 Å². The summed E-state index contributed by atoms with van der Waals surface area (Å²) < 4.78 is 0. The Morgan fingerprint density at radius 2 is 2.00 bits per heavy atom. The van der Waals surface area contributed by atoms with Crippen LogP contribution in [0.2, 0.25) is 0 Å². The molecule has 0 aliphatic carbocycles. The SMILES string of the molecule is CCCNC(=O)CC.[LiH]. The predicted molar refractivity (Wildman–Crippen MR) is 40.7 cm³/mol. The fraction of sp³-hybridized carbons (Fsp3) is 0.833.